The Morgan fingerprint density at radius 3 is 2.31 bits per heavy atom. The molecule has 2 aromatic rings. The van der Waals surface area contributed by atoms with Crippen molar-refractivity contribution in [2.24, 2.45) is 0 Å². The molecule has 3 nitrogen and oxygen atoms in total. The van der Waals surface area contributed by atoms with Crippen molar-refractivity contribution >= 4 is 35.1 Å². The minimum absolute atomic E-state index is 0.822. The maximum Gasteiger partial charge on any atom is 0.0500 e. The number of nitrogens with one attached hydrogen (secondary N) is 1. The molecule has 86 valence electrons. The van der Waals surface area contributed by atoms with E-state index in [9.17, 15) is 0 Å². The number of hydrogen-bond acceptors (Lipinski definition) is 4. The van der Waals surface area contributed by atoms with Crippen LogP contribution in [0.2, 0.25) is 0 Å². The van der Waals surface area contributed by atoms with E-state index in [1.165, 1.54) is 12.5 Å². The highest BCUT2D eigenvalue weighted by Gasteiger charge is 2.00. The molecule has 0 aliphatic carbocycles. The first-order valence-corrected chi connectivity index (χ1v) is 5.23. The zero-order chi connectivity index (χ0) is 12.0. The summed E-state index contributed by atoms with van der Waals surface area (Å²) in [5, 5.41) is 5.41. The van der Waals surface area contributed by atoms with E-state index in [1.54, 1.807) is 0 Å². The monoisotopic (exact) mass is 236 g/mol. The molecule has 0 fully saturated rings. The molecular weight excluding hydrogens is 220 g/mol. The zero-order valence-corrected chi connectivity index (χ0v) is 10.3. The van der Waals surface area contributed by atoms with Crippen molar-refractivity contribution in [3.63, 3.8) is 0 Å². The Morgan fingerprint density at radius 1 is 1.19 bits per heavy atom. The Kier molecular flexibility index (Phi) is 4.95. The van der Waals surface area contributed by atoms with Crippen molar-refractivity contribution in [2.45, 2.75) is 0 Å². The molecule has 0 atom stereocenters. The average Bonchev–Trinajstić information content (AvgIpc) is 2.30. The predicted octanol–water partition coefficient (Wildman–Crippen LogP) is 2.94. The maximum atomic E-state index is 5.89. The second kappa shape index (κ2) is 6.25. The van der Waals surface area contributed by atoms with Crippen LogP contribution >= 0.6 is 12.9 Å². The third-order valence-corrected chi connectivity index (χ3v) is 2.21. The van der Waals surface area contributed by atoms with Crippen LogP contribution in [0.4, 0.5) is 11.4 Å². The summed E-state index contributed by atoms with van der Waals surface area (Å²) in [6.07, 6.45) is 0. The minimum Gasteiger partial charge on any atom is -0.398 e. The first kappa shape index (κ1) is 12.7. The molecule has 3 N–H and O–H groups in total. The fourth-order valence-electron chi connectivity index (χ4n) is 1.58. The van der Waals surface area contributed by atoms with Crippen LogP contribution in [0.3, 0.4) is 0 Å². The van der Waals surface area contributed by atoms with Crippen molar-refractivity contribution in [3.05, 3.63) is 36.4 Å². The second-order valence-electron chi connectivity index (χ2n) is 3.18. The summed E-state index contributed by atoms with van der Waals surface area (Å²) < 4.78 is 3.94. The number of hydrogen-bond donors (Lipinski definition) is 3. The highest BCUT2D eigenvalue weighted by Crippen LogP contribution is 2.27. The molecule has 0 unspecified atom stereocenters. The van der Waals surface area contributed by atoms with Gasteiger partial charge in [0.05, 0.1) is 0 Å². The number of benzene rings is 2. The molecule has 0 aromatic heterocycles. The van der Waals surface area contributed by atoms with Crippen molar-refractivity contribution in [3.8, 4) is 0 Å². The van der Waals surface area contributed by atoms with Crippen LogP contribution in [-0.4, -0.2) is 14.2 Å². The van der Waals surface area contributed by atoms with E-state index in [4.69, 9.17) is 5.73 Å². The Hall–Kier alpha value is -1.39. The van der Waals surface area contributed by atoms with Gasteiger partial charge in [0.2, 0.25) is 0 Å². The lowest BCUT2D eigenvalue weighted by molar-refractivity contribution is 0.500. The molecule has 0 radical (unpaired) electrons. The van der Waals surface area contributed by atoms with Gasteiger partial charge in [0.25, 0.3) is 0 Å². The standard InChI is InChI=1S/C11H12N2.CH4OS/c1-13-10-7-3-5-8-4-2-6-9(12)11(8)10;1-2-3/h2-7,13H,12H2,1H3;3H,1H3. The smallest absolute Gasteiger partial charge is 0.0500 e. The summed E-state index contributed by atoms with van der Waals surface area (Å²) in [5.41, 5.74) is 7.79. The number of fused-ring (bicyclic) bond motifs is 1. The quantitative estimate of drug-likeness (QED) is 0.405. The first-order chi connectivity index (χ1) is 7.74. The summed E-state index contributed by atoms with van der Waals surface area (Å²) in [6.45, 7) is 0. The van der Waals surface area contributed by atoms with Crippen LogP contribution in [0.25, 0.3) is 10.8 Å². The lowest BCUT2D eigenvalue weighted by Crippen LogP contribution is -1.93. The van der Waals surface area contributed by atoms with Crippen LogP contribution in [-0.2, 0) is 4.18 Å². The molecule has 0 amide bonds. The Labute approximate surface area is 101 Å². The zero-order valence-electron chi connectivity index (χ0n) is 9.40. The number of thiol groups is 1. The molecule has 0 saturated carbocycles. The molecule has 0 aliphatic rings. The fourth-order valence-corrected chi connectivity index (χ4v) is 1.58. The molecule has 4 heteroatoms. The van der Waals surface area contributed by atoms with Crippen molar-refractivity contribution in [1.82, 2.24) is 0 Å². The van der Waals surface area contributed by atoms with Gasteiger partial charge in [0.15, 0.2) is 0 Å². The van der Waals surface area contributed by atoms with Gasteiger partial charge in [-0.1, -0.05) is 24.3 Å². The van der Waals surface area contributed by atoms with Crippen LogP contribution in [0, 0.1) is 0 Å². The van der Waals surface area contributed by atoms with Gasteiger partial charge in [0.1, 0.15) is 0 Å². The van der Waals surface area contributed by atoms with E-state index in [1.807, 2.05) is 31.3 Å². The van der Waals surface area contributed by atoms with Crippen molar-refractivity contribution in [1.29, 1.82) is 0 Å². The van der Waals surface area contributed by atoms with Gasteiger partial charge < -0.3 is 15.2 Å². The SMILES string of the molecule is CNc1cccc2cccc(N)c12.COS. The van der Waals surface area contributed by atoms with Crippen LogP contribution in [0.1, 0.15) is 0 Å². The summed E-state index contributed by atoms with van der Waals surface area (Å²) in [7, 11) is 3.39. The van der Waals surface area contributed by atoms with E-state index >= 15 is 0 Å². The van der Waals surface area contributed by atoms with E-state index < -0.39 is 0 Å². The average molecular weight is 236 g/mol. The van der Waals surface area contributed by atoms with Gasteiger partial charge in [-0.3, -0.25) is 0 Å². The van der Waals surface area contributed by atoms with Gasteiger partial charge >= 0.3 is 0 Å². The van der Waals surface area contributed by atoms with Gasteiger partial charge in [-0.25, -0.2) is 0 Å². The Balaban J connectivity index is 0.000000386. The lowest BCUT2D eigenvalue weighted by atomic mass is 10.1. The second-order valence-corrected chi connectivity index (χ2v) is 3.55. The van der Waals surface area contributed by atoms with Gasteiger partial charge in [-0.2, -0.15) is 0 Å². The fraction of sp³-hybridized carbons (Fsp3) is 0.167. The van der Waals surface area contributed by atoms with Gasteiger partial charge in [-0.15, -0.1) is 0 Å². The van der Waals surface area contributed by atoms with Crippen LogP contribution in [0.15, 0.2) is 36.4 Å². The van der Waals surface area contributed by atoms with E-state index in [0.717, 1.165) is 16.8 Å². The topological polar surface area (TPSA) is 47.3 Å². The van der Waals surface area contributed by atoms with E-state index in [-0.39, 0.29) is 0 Å². The molecule has 0 saturated heterocycles. The number of anilines is 2. The highest BCUT2D eigenvalue weighted by atomic mass is 32.1. The van der Waals surface area contributed by atoms with E-state index in [0.29, 0.717) is 0 Å². The molecule has 0 spiro atoms. The molecule has 16 heavy (non-hydrogen) atoms. The molecule has 2 aromatic carbocycles. The molecule has 0 heterocycles. The third-order valence-electron chi connectivity index (χ3n) is 2.21. The molecular formula is C12H16N2OS. The van der Waals surface area contributed by atoms with Crippen LogP contribution < -0.4 is 11.1 Å². The predicted molar refractivity (Wildman–Crippen MR) is 73.9 cm³/mol. The summed E-state index contributed by atoms with van der Waals surface area (Å²) in [6, 6.07) is 12.1. The normalized spacial score (nSPS) is 9.44. The summed E-state index contributed by atoms with van der Waals surface area (Å²) in [5.74, 6) is 0. The van der Waals surface area contributed by atoms with E-state index in [2.05, 4.69) is 34.5 Å². The number of nitrogen functional groups attached to an aromatic ring is 1. The van der Waals surface area contributed by atoms with Gasteiger partial charge in [0, 0.05) is 30.9 Å². The van der Waals surface area contributed by atoms with Crippen molar-refractivity contribution < 1.29 is 4.18 Å². The lowest BCUT2D eigenvalue weighted by Gasteiger charge is -2.07. The maximum absolute atomic E-state index is 5.89. The van der Waals surface area contributed by atoms with Gasteiger partial charge in [-0.05, 0) is 30.4 Å². The summed E-state index contributed by atoms with van der Waals surface area (Å²) >= 11 is 3.29. The first-order valence-electron chi connectivity index (χ1n) is 4.87. The molecule has 0 aliphatic heterocycles. The Bertz CT molecular complexity index is 454. The molecule has 2 rings (SSSR count). The van der Waals surface area contributed by atoms with Crippen molar-refractivity contribution in [2.75, 3.05) is 25.2 Å². The largest absolute Gasteiger partial charge is 0.398 e. The minimum atomic E-state index is 0.822. The van der Waals surface area contributed by atoms with Crippen LogP contribution in [0.5, 0.6) is 0 Å². The number of rotatable bonds is 1. The third kappa shape index (κ3) is 2.81. The summed E-state index contributed by atoms with van der Waals surface area (Å²) in [4.78, 5) is 0. The Morgan fingerprint density at radius 2 is 1.75 bits per heavy atom. The highest BCUT2D eigenvalue weighted by molar-refractivity contribution is 7.75. The molecule has 0 bridgehead atoms. The number of nitrogens with two attached hydrogens (primary N) is 1.